The van der Waals surface area contributed by atoms with Gasteiger partial charge in [-0.1, -0.05) is 222 Å². The summed E-state index contributed by atoms with van der Waals surface area (Å²) in [5.74, 6) is 3.96. The Morgan fingerprint density at radius 2 is 0.684 bits per heavy atom. The molecule has 6 heterocycles. The van der Waals surface area contributed by atoms with Crippen LogP contribution in [0.3, 0.4) is 0 Å². The minimum atomic E-state index is 0.642. The van der Waals surface area contributed by atoms with Crippen molar-refractivity contribution in [3.8, 4) is 85.4 Å². The molecule has 12 aromatic carbocycles. The summed E-state index contributed by atoms with van der Waals surface area (Å²) in [7, 11) is 0. The third-order valence-corrected chi connectivity index (χ3v) is 17.7. The van der Waals surface area contributed by atoms with Crippen molar-refractivity contribution in [2.24, 2.45) is 0 Å². The van der Waals surface area contributed by atoms with Gasteiger partial charge in [0.25, 0.3) is 0 Å². The first-order valence-electron chi connectivity index (χ1n) is 31.6. The van der Waals surface area contributed by atoms with E-state index in [9.17, 15) is 0 Å². The number of nitrogens with zero attached hydrogens (tertiary/aromatic N) is 9. The third-order valence-electron chi connectivity index (χ3n) is 17.2. The molecule has 0 fully saturated rings. The summed E-state index contributed by atoms with van der Waals surface area (Å²) in [6, 6.07) is 105. The van der Waals surface area contributed by atoms with Crippen molar-refractivity contribution >= 4 is 81.3 Å². The normalized spacial score (nSPS) is 11.3. The molecule has 0 saturated carbocycles. The first-order valence-corrected chi connectivity index (χ1v) is 32.4. The maximum atomic E-state index is 5.04. The Hall–Kier alpha value is -12.2. The van der Waals surface area contributed by atoms with E-state index in [0.717, 1.165) is 71.4 Å². The van der Waals surface area contributed by atoms with Gasteiger partial charge in [-0.2, -0.15) is 0 Å². The van der Waals surface area contributed by atoms with Crippen LogP contribution in [-0.4, -0.2) is 48.6 Å². The fourth-order valence-electron chi connectivity index (χ4n) is 12.9. The van der Waals surface area contributed by atoms with Crippen molar-refractivity contribution in [3.63, 3.8) is 0 Å². The van der Waals surface area contributed by atoms with Gasteiger partial charge in [0.1, 0.15) is 0 Å². The number of hydrogen-bond donors (Lipinski definition) is 1. The minimum absolute atomic E-state index is 0.642. The largest absolute Gasteiger partial charge is 0.354 e. The van der Waals surface area contributed by atoms with E-state index in [4.69, 9.17) is 29.9 Å². The number of H-pyrrole nitrogens is 1. The SMILES string of the molecule is Cc1cc(-c2nc(-c3ccccc3)nc(-c3ccccc3)n2)cc(-n2c3ccccc3c3ccc4c(ccn4-c4ccccc4)c32)c1.Cc1cc(Br)cc(-c2nc(-c3ccccc3)nc(-c3ccccc3)n2)c1.c1ccc(-n2ccc3c4[nH]c5ccccc5c4ccc32)cc1. The standard InChI is InChI=1S/C42H29N5.C22H16BrN3.C20H14N2/c1-28-25-31(42-44-40(29-13-5-2-6-14-29)43-41(45-42)30-15-7-3-8-16-30)27-33(26-28)47-38-20-12-11-19-34(38)35-21-22-37-36(39(35)47)23-24-46(37)32-17-9-4-10-18-32;1-15-12-18(14-19(23)13-15)22-25-20(16-8-4-2-5-9-16)24-21(26-22)17-10-6-3-7-11-17;1-2-6-14(7-3-1)22-13-12-17-19(22)11-10-16-15-8-4-5-9-18(15)21-20(16)17/h2-27H,1H3;2-14H,1H3;1-13,21H. The summed E-state index contributed by atoms with van der Waals surface area (Å²) in [4.78, 5) is 32.7. The Morgan fingerprint density at radius 3 is 1.19 bits per heavy atom. The molecule has 0 aliphatic carbocycles. The van der Waals surface area contributed by atoms with Crippen LogP contribution >= 0.6 is 15.9 Å². The van der Waals surface area contributed by atoms with Crippen LogP contribution < -0.4 is 0 Å². The van der Waals surface area contributed by atoms with Gasteiger partial charge in [-0.05, 0) is 122 Å². The number of halogens is 1. The number of nitrogens with one attached hydrogen (secondary N) is 1. The quantitative estimate of drug-likeness (QED) is 0.154. The monoisotopic (exact) mass is 1290 g/mol. The lowest BCUT2D eigenvalue weighted by Gasteiger charge is -2.13. The molecule has 0 unspecified atom stereocenters. The lowest BCUT2D eigenvalue weighted by molar-refractivity contribution is 1.07. The molecule has 0 aliphatic rings. The van der Waals surface area contributed by atoms with Crippen molar-refractivity contribution in [2.75, 3.05) is 0 Å². The van der Waals surface area contributed by atoms with E-state index in [1.165, 1.54) is 60.1 Å². The minimum Gasteiger partial charge on any atom is -0.354 e. The zero-order valence-electron chi connectivity index (χ0n) is 51.9. The van der Waals surface area contributed by atoms with Gasteiger partial charge in [-0.25, -0.2) is 29.9 Å². The van der Waals surface area contributed by atoms with Crippen molar-refractivity contribution in [3.05, 3.63) is 331 Å². The van der Waals surface area contributed by atoms with Gasteiger partial charge in [0.15, 0.2) is 34.9 Å². The smallest absolute Gasteiger partial charge is 0.164 e. The third kappa shape index (κ3) is 11.4. The molecule has 18 aromatic rings. The molecule has 6 aromatic heterocycles. The predicted octanol–water partition coefficient (Wildman–Crippen LogP) is 21.4. The molecular formula is C84H59BrN10. The molecule has 0 saturated heterocycles. The van der Waals surface area contributed by atoms with Gasteiger partial charge >= 0.3 is 0 Å². The lowest BCUT2D eigenvalue weighted by Crippen LogP contribution is -2.01. The molecule has 452 valence electrons. The summed E-state index contributed by atoms with van der Waals surface area (Å²) < 4.78 is 7.91. The Kier molecular flexibility index (Phi) is 15.3. The fraction of sp³-hybridized carbons (Fsp3) is 0.0238. The molecule has 0 bridgehead atoms. The number of hydrogen-bond acceptors (Lipinski definition) is 6. The molecule has 11 heteroatoms. The van der Waals surface area contributed by atoms with Gasteiger partial charge in [-0.15, -0.1) is 0 Å². The number of aromatic amines is 1. The van der Waals surface area contributed by atoms with E-state index in [1.807, 2.05) is 133 Å². The molecule has 0 spiro atoms. The van der Waals surface area contributed by atoms with Gasteiger partial charge in [0, 0.05) is 105 Å². The summed E-state index contributed by atoms with van der Waals surface area (Å²) in [5, 5.41) is 7.47. The highest BCUT2D eigenvalue weighted by molar-refractivity contribution is 9.10. The lowest BCUT2D eigenvalue weighted by atomic mass is 10.1. The zero-order chi connectivity index (χ0) is 63.8. The van der Waals surface area contributed by atoms with Crippen LogP contribution in [-0.2, 0) is 0 Å². The summed E-state index contributed by atoms with van der Waals surface area (Å²) in [6.45, 7) is 4.20. The Bertz CT molecular complexity index is 5670. The summed E-state index contributed by atoms with van der Waals surface area (Å²) >= 11 is 3.57. The molecule has 1 N–H and O–H groups in total. The number of fused-ring (bicyclic) bond motifs is 10. The van der Waals surface area contributed by atoms with E-state index in [1.54, 1.807) is 0 Å². The van der Waals surface area contributed by atoms with Crippen LogP contribution in [0, 0.1) is 13.8 Å². The van der Waals surface area contributed by atoms with Crippen molar-refractivity contribution < 1.29 is 0 Å². The van der Waals surface area contributed by atoms with E-state index in [-0.39, 0.29) is 0 Å². The second kappa shape index (κ2) is 25.1. The van der Waals surface area contributed by atoms with Crippen LogP contribution in [0.2, 0.25) is 0 Å². The van der Waals surface area contributed by atoms with Crippen LogP contribution in [0.1, 0.15) is 11.1 Å². The first kappa shape index (κ1) is 57.9. The maximum Gasteiger partial charge on any atom is 0.164 e. The van der Waals surface area contributed by atoms with Crippen LogP contribution in [0.25, 0.3) is 151 Å². The number of benzene rings is 12. The zero-order valence-corrected chi connectivity index (χ0v) is 53.5. The van der Waals surface area contributed by atoms with Crippen LogP contribution in [0.5, 0.6) is 0 Å². The summed E-state index contributed by atoms with van der Waals surface area (Å²) in [6.07, 6.45) is 4.31. The number of aromatic nitrogens is 10. The molecule has 18 rings (SSSR count). The van der Waals surface area contributed by atoms with Gasteiger partial charge in [-0.3, -0.25) is 0 Å². The van der Waals surface area contributed by atoms with Crippen molar-refractivity contribution in [2.45, 2.75) is 13.8 Å². The predicted molar refractivity (Wildman–Crippen MR) is 393 cm³/mol. The Morgan fingerprint density at radius 1 is 0.284 bits per heavy atom. The highest BCUT2D eigenvalue weighted by Gasteiger charge is 2.20. The highest BCUT2D eigenvalue weighted by atomic mass is 79.9. The molecule has 0 aliphatic heterocycles. The molecule has 0 radical (unpaired) electrons. The van der Waals surface area contributed by atoms with Gasteiger partial charge in [0.05, 0.1) is 27.6 Å². The maximum absolute atomic E-state index is 5.04. The Balaban J connectivity index is 0.000000124. The van der Waals surface area contributed by atoms with Gasteiger partial charge < -0.3 is 18.7 Å². The van der Waals surface area contributed by atoms with Crippen molar-refractivity contribution in [1.29, 1.82) is 0 Å². The van der Waals surface area contributed by atoms with Gasteiger partial charge in [0.2, 0.25) is 0 Å². The average Bonchev–Trinajstić information content (AvgIpc) is 1.58. The topological polar surface area (TPSA) is 108 Å². The van der Waals surface area contributed by atoms with E-state index in [0.29, 0.717) is 34.9 Å². The van der Waals surface area contributed by atoms with Crippen molar-refractivity contribution in [1.82, 2.24) is 48.6 Å². The Labute approximate surface area is 557 Å². The molecule has 0 atom stereocenters. The highest BCUT2D eigenvalue weighted by Crippen LogP contribution is 2.40. The molecule has 95 heavy (non-hydrogen) atoms. The number of para-hydroxylation sites is 4. The van der Waals surface area contributed by atoms with E-state index < -0.39 is 0 Å². The molecule has 10 nitrogen and oxygen atoms in total. The van der Waals surface area contributed by atoms with Crippen LogP contribution in [0.4, 0.5) is 0 Å². The second-order valence-electron chi connectivity index (χ2n) is 23.5. The van der Waals surface area contributed by atoms with Crippen LogP contribution in [0.15, 0.2) is 320 Å². The molecule has 0 amide bonds. The second-order valence-corrected chi connectivity index (χ2v) is 24.4. The number of rotatable bonds is 9. The average molecular weight is 1290 g/mol. The number of aryl methyl sites for hydroxylation is 2. The van der Waals surface area contributed by atoms with E-state index in [2.05, 4.69) is 231 Å². The fourth-order valence-corrected chi connectivity index (χ4v) is 13.5. The van der Waals surface area contributed by atoms with E-state index >= 15 is 0 Å². The summed E-state index contributed by atoms with van der Waals surface area (Å²) in [5.41, 5.74) is 18.6. The molecular weight excluding hydrogens is 1230 g/mol. The first-order chi connectivity index (χ1) is 46.8.